The van der Waals surface area contributed by atoms with Gasteiger partial charge in [-0.2, -0.15) is 0 Å². The summed E-state index contributed by atoms with van der Waals surface area (Å²) in [7, 11) is 0. The highest BCUT2D eigenvalue weighted by Crippen LogP contribution is 2.84. The first-order chi connectivity index (χ1) is 14.3. The summed E-state index contributed by atoms with van der Waals surface area (Å²) < 4.78 is 22.2. The highest BCUT2D eigenvalue weighted by molar-refractivity contribution is 5.94. The van der Waals surface area contributed by atoms with Gasteiger partial charge in [-0.25, -0.2) is 9.59 Å². The lowest BCUT2D eigenvalue weighted by atomic mass is 9.51. The van der Waals surface area contributed by atoms with E-state index in [-0.39, 0.29) is 0 Å². The highest BCUT2D eigenvalue weighted by Gasteiger charge is 3.05. The Morgan fingerprint density at radius 2 is 1.58 bits per heavy atom. The Balaban J connectivity index is 1.75. The zero-order valence-electron chi connectivity index (χ0n) is 17.3. The van der Waals surface area contributed by atoms with Crippen molar-refractivity contribution in [1.29, 1.82) is 0 Å². The van der Waals surface area contributed by atoms with Gasteiger partial charge in [0.15, 0.2) is 17.8 Å². The summed E-state index contributed by atoms with van der Waals surface area (Å²) >= 11 is 0. The van der Waals surface area contributed by atoms with Gasteiger partial charge in [0, 0.05) is 5.92 Å². The van der Waals surface area contributed by atoms with E-state index in [2.05, 4.69) is 0 Å². The maximum absolute atomic E-state index is 13.4. The molecule has 0 aromatic heterocycles. The predicted molar refractivity (Wildman–Crippen MR) is 93.4 cm³/mol. The first kappa shape index (κ1) is 19.9. The van der Waals surface area contributed by atoms with Gasteiger partial charge in [0.25, 0.3) is 0 Å². The third-order valence-corrected chi connectivity index (χ3v) is 8.95. The molecule has 6 fully saturated rings. The largest absolute Gasteiger partial charge is 0.456 e. The molecule has 4 saturated heterocycles. The number of fused-ring (bicyclic) bond motifs is 1. The second-order valence-corrected chi connectivity index (χ2v) is 10.8. The highest BCUT2D eigenvalue weighted by atomic mass is 16.8. The van der Waals surface area contributed by atoms with E-state index in [1.807, 2.05) is 0 Å². The molecule has 31 heavy (non-hydrogen) atoms. The molecule has 2 spiro atoms. The number of rotatable bonds is 0. The fourth-order valence-corrected chi connectivity index (χ4v) is 8.27. The Morgan fingerprint density at radius 3 is 2.19 bits per heavy atom. The average molecular weight is 440 g/mol. The maximum atomic E-state index is 13.4. The molecule has 2 saturated carbocycles. The van der Waals surface area contributed by atoms with Crippen LogP contribution < -0.4 is 0 Å². The summed E-state index contributed by atoms with van der Waals surface area (Å²) in [5, 5.41) is 46.1. The molecule has 6 rings (SSSR count). The zero-order chi connectivity index (χ0) is 22.7. The van der Waals surface area contributed by atoms with Crippen LogP contribution in [0.4, 0.5) is 0 Å². The monoisotopic (exact) mass is 440 g/mol. The third kappa shape index (κ3) is 1.43. The second-order valence-electron chi connectivity index (χ2n) is 10.8. The molecule has 12 atom stereocenters. The number of carbonyl (C=O) groups excluding carboxylic acids is 3. The van der Waals surface area contributed by atoms with E-state index in [1.165, 1.54) is 6.92 Å². The van der Waals surface area contributed by atoms with Crippen molar-refractivity contribution >= 4 is 17.9 Å². The molecule has 11 nitrogen and oxygen atoms in total. The summed E-state index contributed by atoms with van der Waals surface area (Å²) in [4.78, 5) is 38.3. The smallest absolute Gasteiger partial charge is 0.343 e. The van der Waals surface area contributed by atoms with E-state index < -0.39 is 94.0 Å². The Bertz CT molecular complexity index is 957. The molecule has 0 bridgehead atoms. The van der Waals surface area contributed by atoms with Gasteiger partial charge in [-0.3, -0.25) is 4.79 Å². The van der Waals surface area contributed by atoms with Crippen LogP contribution in [0.2, 0.25) is 0 Å². The third-order valence-electron chi connectivity index (χ3n) is 8.95. The summed E-state index contributed by atoms with van der Waals surface area (Å²) in [5.74, 6) is -5.22. The molecule has 0 aromatic carbocycles. The van der Waals surface area contributed by atoms with Gasteiger partial charge in [-0.15, -0.1) is 0 Å². The number of hydrogen-bond donors (Lipinski definition) is 4. The van der Waals surface area contributed by atoms with Gasteiger partial charge >= 0.3 is 17.9 Å². The van der Waals surface area contributed by atoms with E-state index in [0.29, 0.717) is 0 Å². The van der Waals surface area contributed by atoms with Crippen molar-refractivity contribution in [3.63, 3.8) is 0 Å². The summed E-state index contributed by atoms with van der Waals surface area (Å²) in [6, 6.07) is 0. The Hall–Kier alpha value is -1.79. The Labute approximate surface area is 176 Å². The number of ether oxygens (including phenoxy) is 4. The van der Waals surface area contributed by atoms with Crippen LogP contribution >= 0.6 is 0 Å². The lowest BCUT2D eigenvalue weighted by Crippen LogP contribution is -2.67. The van der Waals surface area contributed by atoms with Gasteiger partial charge in [0.05, 0.1) is 22.9 Å². The van der Waals surface area contributed by atoms with Crippen LogP contribution in [0.3, 0.4) is 0 Å². The molecule has 11 heteroatoms. The van der Waals surface area contributed by atoms with E-state index in [0.717, 1.165) is 0 Å². The van der Waals surface area contributed by atoms with Crippen LogP contribution in [0.5, 0.6) is 0 Å². The van der Waals surface area contributed by atoms with Crippen molar-refractivity contribution in [2.24, 2.45) is 28.1 Å². The van der Waals surface area contributed by atoms with Crippen molar-refractivity contribution in [1.82, 2.24) is 0 Å². The lowest BCUT2D eigenvalue weighted by molar-refractivity contribution is -0.240. The van der Waals surface area contributed by atoms with Crippen LogP contribution in [0, 0.1) is 28.1 Å². The maximum Gasteiger partial charge on any atom is 0.343 e. The molecule has 170 valence electrons. The number of aliphatic hydroxyl groups is 4. The number of hydrogen-bond acceptors (Lipinski definition) is 11. The molecule has 4 aliphatic heterocycles. The number of carbonyl (C=O) groups is 3. The molecule has 0 aromatic rings. The van der Waals surface area contributed by atoms with Crippen molar-refractivity contribution in [3.8, 4) is 0 Å². The Morgan fingerprint density at radius 1 is 0.935 bits per heavy atom. The van der Waals surface area contributed by atoms with Crippen molar-refractivity contribution in [3.05, 3.63) is 0 Å². The summed E-state index contributed by atoms with van der Waals surface area (Å²) in [6.45, 7) is 6.63. The molecular weight excluding hydrogens is 416 g/mol. The topological polar surface area (TPSA) is 169 Å². The average Bonchev–Trinajstić information content (AvgIpc) is 3.35. The van der Waals surface area contributed by atoms with Gasteiger partial charge in [-0.05, 0) is 12.3 Å². The van der Waals surface area contributed by atoms with Crippen molar-refractivity contribution in [2.45, 2.75) is 75.7 Å². The van der Waals surface area contributed by atoms with E-state index in [4.69, 9.17) is 18.9 Å². The van der Waals surface area contributed by atoms with Crippen molar-refractivity contribution in [2.75, 3.05) is 0 Å². The quantitative estimate of drug-likeness (QED) is 0.234. The molecular formula is C20H24O11. The minimum atomic E-state index is -2.40. The van der Waals surface area contributed by atoms with Gasteiger partial charge < -0.3 is 39.4 Å². The first-order valence-corrected chi connectivity index (χ1v) is 10.3. The normalized spacial score (nSPS) is 61.0. The zero-order valence-corrected chi connectivity index (χ0v) is 17.3. The van der Waals surface area contributed by atoms with E-state index >= 15 is 0 Å². The second kappa shape index (κ2) is 4.91. The standard InChI is InChI=1S/C20H24O11/c1-5-12(24)28-11-8(22)18-10-6(21)7(16(2,3)4)17(18)9(23)13(25)30-15(17)31-20(18,14(26)29-10)19(5,11)27/h5-11,15,21-23,27H,1-4H3/t5-,6+,7?,8?,9-,10+,11-,15?,17?,18?,19+,20+/m0/s1. The Kier molecular flexibility index (Phi) is 3.15. The van der Waals surface area contributed by atoms with Gasteiger partial charge in [0.2, 0.25) is 11.9 Å². The molecule has 4 N–H and O–H groups in total. The molecule has 0 radical (unpaired) electrons. The SMILES string of the molecule is C[C@H]1C(=O)O[C@H]2C(O)C34[C@@H]5OC(=O)[C@]3(OC3OC(=O)[C@H](O)C34C(C(C)(C)C)[C@H]5O)[C@@]12O. The number of esters is 3. The van der Waals surface area contributed by atoms with E-state index in [9.17, 15) is 34.8 Å². The summed E-state index contributed by atoms with van der Waals surface area (Å²) in [5.41, 5.74) is -9.40. The summed E-state index contributed by atoms with van der Waals surface area (Å²) in [6.07, 6.45) is -9.69. The van der Waals surface area contributed by atoms with Crippen LogP contribution in [0.1, 0.15) is 27.7 Å². The first-order valence-electron chi connectivity index (χ1n) is 10.3. The van der Waals surface area contributed by atoms with Gasteiger partial charge in [0.1, 0.15) is 12.2 Å². The minimum absolute atomic E-state index is 0.792. The van der Waals surface area contributed by atoms with E-state index in [1.54, 1.807) is 20.8 Å². The predicted octanol–water partition coefficient (Wildman–Crippen LogP) is -2.40. The fourth-order valence-electron chi connectivity index (χ4n) is 8.27. The van der Waals surface area contributed by atoms with Crippen LogP contribution in [0.25, 0.3) is 0 Å². The molecule has 6 aliphatic rings. The molecule has 2 aliphatic carbocycles. The molecule has 5 unspecified atom stereocenters. The van der Waals surface area contributed by atoms with Crippen LogP contribution in [0.15, 0.2) is 0 Å². The van der Waals surface area contributed by atoms with Crippen LogP contribution in [-0.4, -0.2) is 86.3 Å². The van der Waals surface area contributed by atoms with Crippen molar-refractivity contribution < 1.29 is 53.8 Å². The fraction of sp³-hybridized carbons (Fsp3) is 0.850. The van der Waals surface area contributed by atoms with Gasteiger partial charge in [-0.1, -0.05) is 20.8 Å². The van der Waals surface area contributed by atoms with Crippen LogP contribution in [-0.2, 0) is 33.3 Å². The molecule has 0 amide bonds. The molecule has 4 heterocycles. The minimum Gasteiger partial charge on any atom is -0.456 e. The lowest BCUT2D eigenvalue weighted by Gasteiger charge is -2.47. The number of aliphatic hydroxyl groups excluding tert-OH is 3.